The van der Waals surface area contributed by atoms with E-state index >= 15 is 0 Å². The van der Waals surface area contributed by atoms with Crippen LogP contribution in [0.25, 0.3) is 0 Å². The molecule has 134 valence electrons. The second-order valence-electron chi connectivity index (χ2n) is 6.96. The van der Waals surface area contributed by atoms with Gasteiger partial charge in [-0.2, -0.15) is 0 Å². The molecule has 0 bridgehead atoms. The van der Waals surface area contributed by atoms with Crippen molar-refractivity contribution < 1.29 is 9.90 Å². The number of hydrogen-bond acceptors (Lipinski definition) is 3. The van der Waals surface area contributed by atoms with E-state index in [0.29, 0.717) is 13.0 Å². The standard InChI is InChI=1S/C21H28N2O2/c1-4-16-8-10-18(11-9-16)21(2,3)20(25)23-14-17(15-24)13-19-7-5-6-12-22-19/h5-12,17,24H,4,13-15H2,1-3H3,(H,23,25). The zero-order valence-corrected chi connectivity index (χ0v) is 15.3. The van der Waals surface area contributed by atoms with Crippen LogP contribution in [-0.2, 0) is 23.1 Å². The molecule has 1 heterocycles. The Kier molecular flexibility index (Phi) is 6.71. The fourth-order valence-corrected chi connectivity index (χ4v) is 2.76. The van der Waals surface area contributed by atoms with E-state index in [-0.39, 0.29) is 18.4 Å². The molecule has 1 aromatic heterocycles. The molecule has 0 aliphatic rings. The van der Waals surface area contributed by atoms with Gasteiger partial charge in [0.15, 0.2) is 0 Å². The number of pyridine rings is 1. The van der Waals surface area contributed by atoms with Gasteiger partial charge in [-0.05, 0) is 49.9 Å². The van der Waals surface area contributed by atoms with Crippen LogP contribution in [0.1, 0.15) is 37.6 Å². The first-order valence-corrected chi connectivity index (χ1v) is 8.85. The molecule has 4 heteroatoms. The van der Waals surface area contributed by atoms with Gasteiger partial charge in [-0.1, -0.05) is 37.3 Å². The second kappa shape index (κ2) is 8.77. The maximum Gasteiger partial charge on any atom is 0.230 e. The van der Waals surface area contributed by atoms with Gasteiger partial charge in [0.2, 0.25) is 5.91 Å². The van der Waals surface area contributed by atoms with Crippen molar-refractivity contribution in [3.8, 4) is 0 Å². The number of aliphatic hydroxyl groups is 1. The van der Waals surface area contributed by atoms with Gasteiger partial charge in [0.25, 0.3) is 0 Å². The Balaban J connectivity index is 1.96. The molecule has 1 atom stereocenters. The van der Waals surface area contributed by atoms with Gasteiger partial charge in [0.05, 0.1) is 5.41 Å². The van der Waals surface area contributed by atoms with E-state index in [4.69, 9.17) is 0 Å². The predicted molar refractivity (Wildman–Crippen MR) is 100 cm³/mol. The molecule has 1 unspecified atom stereocenters. The lowest BCUT2D eigenvalue weighted by molar-refractivity contribution is -0.125. The number of carbonyl (C=O) groups excluding carboxylic acids is 1. The number of aryl methyl sites for hydroxylation is 1. The van der Waals surface area contributed by atoms with Crippen LogP contribution in [0.4, 0.5) is 0 Å². The van der Waals surface area contributed by atoms with Crippen molar-refractivity contribution in [1.29, 1.82) is 0 Å². The molecule has 0 aliphatic carbocycles. The zero-order valence-electron chi connectivity index (χ0n) is 15.3. The third-order valence-electron chi connectivity index (χ3n) is 4.68. The Labute approximate surface area is 150 Å². The summed E-state index contributed by atoms with van der Waals surface area (Å²) in [5.41, 5.74) is 2.56. The minimum atomic E-state index is -0.614. The van der Waals surface area contributed by atoms with Crippen LogP contribution in [0.15, 0.2) is 48.7 Å². The summed E-state index contributed by atoms with van der Waals surface area (Å²) >= 11 is 0. The number of nitrogens with zero attached hydrogens (tertiary/aromatic N) is 1. The Bertz CT molecular complexity index is 666. The molecule has 0 radical (unpaired) electrons. The van der Waals surface area contributed by atoms with Crippen molar-refractivity contribution in [3.63, 3.8) is 0 Å². The highest BCUT2D eigenvalue weighted by atomic mass is 16.3. The summed E-state index contributed by atoms with van der Waals surface area (Å²) in [6.07, 6.45) is 3.37. The third-order valence-corrected chi connectivity index (χ3v) is 4.68. The zero-order chi connectivity index (χ0) is 18.3. The Morgan fingerprint density at radius 2 is 1.92 bits per heavy atom. The molecule has 2 rings (SSSR count). The van der Waals surface area contributed by atoms with E-state index in [9.17, 15) is 9.90 Å². The maximum atomic E-state index is 12.7. The van der Waals surface area contributed by atoms with Gasteiger partial charge < -0.3 is 10.4 Å². The fraction of sp³-hybridized carbons (Fsp3) is 0.429. The quantitative estimate of drug-likeness (QED) is 0.777. The van der Waals surface area contributed by atoms with Gasteiger partial charge >= 0.3 is 0 Å². The fourth-order valence-electron chi connectivity index (χ4n) is 2.76. The molecule has 0 spiro atoms. The second-order valence-corrected chi connectivity index (χ2v) is 6.96. The first kappa shape index (κ1) is 19.1. The molecule has 2 aromatic rings. The minimum absolute atomic E-state index is 0.0163. The average Bonchev–Trinajstić information content (AvgIpc) is 2.65. The number of amides is 1. The van der Waals surface area contributed by atoms with Crippen molar-refractivity contribution in [2.45, 2.75) is 39.0 Å². The molecule has 25 heavy (non-hydrogen) atoms. The van der Waals surface area contributed by atoms with Gasteiger partial charge in [-0.25, -0.2) is 0 Å². The molecule has 1 aromatic carbocycles. The van der Waals surface area contributed by atoms with Crippen molar-refractivity contribution >= 4 is 5.91 Å². The van der Waals surface area contributed by atoms with Crippen LogP contribution in [0.3, 0.4) is 0 Å². The van der Waals surface area contributed by atoms with Crippen LogP contribution in [-0.4, -0.2) is 29.1 Å². The van der Waals surface area contributed by atoms with E-state index in [1.165, 1.54) is 5.56 Å². The number of carbonyl (C=O) groups is 1. The molecule has 4 nitrogen and oxygen atoms in total. The minimum Gasteiger partial charge on any atom is -0.396 e. The summed E-state index contributed by atoms with van der Waals surface area (Å²) in [4.78, 5) is 17.0. The highest BCUT2D eigenvalue weighted by Crippen LogP contribution is 2.24. The first-order chi connectivity index (χ1) is 12.0. The van der Waals surface area contributed by atoms with Crippen molar-refractivity contribution in [2.75, 3.05) is 13.2 Å². The molecule has 1 amide bonds. The summed E-state index contributed by atoms with van der Waals surface area (Å²) in [5.74, 6) is -0.0756. The van der Waals surface area contributed by atoms with Crippen molar-refractivity contribution in [2.24, 2.45) is 5.92 Å². The highest BCUT2D eigenvalue weighted by Gasteiger charge is 2.30. The molecule has 0 aliphatic heterocycles. The van der Waals surface area contributed by atoms with E-state index in [1.807, 2.05) is 44.2 Å². The highest BCUT2D eigenvalue weighted by molar-refractivity contribution is 5.87. The number of aromatic nitrogens is 1. The Hall–Kier alpha value is -2.20. The van der Waals surface area contributed by atoms with Crippen LogP contribution < -0.4 is 5.32 Å². The van der Waals surface area contributed by atoms with Crippen LogP contribution in [0.5, 0.6) is 0 Å². The predicted octanol–water partition coefficient (Wildman–Crippen LogP) is 2.89. The molecule has 0 fully saturated rings. The normalized spacial score (nSPS) is 12.6. The number of hydrogen-bond donors (Lipinski definition) is 2. The lowest BCUT2D eigenvalue weighted by atomic mass is 9.83. The molecule has 0 saturated carbocycles. The lowest BCUT2D eigenvalue weighted by Gasteiger charge is -2.26. The largest absolute Gasteiger partial charge is 0.396 e. The summed E-state index contributed by atoms with van der Waals surface area (Å²) in [5, 5.41) is 12.6. The molecular weight excluding hydrogens is 312 g/mol. The monoisotopic (exact) mass is 340 g/mol. The van der Waals surface area contributed by atoms with Crippen molar-refractivity contribution in [1.82, 2.24) is 10.3 Å². The average molecular weight is 340 g/mol. The van der Waals surface area contributed by atoms with Gasteiger partial charge in [-0.15, -0.1) is 0 Å². The molecule has 2 N–H and O–H groups in total. The number of nitrogens with one attached hydrogen (secondary N) is 1. The summed E-state index contributed by atoms with van der Waals surface area (Å²) in [6, 6.07) is 13.9. The van der Waals surface area contributed by atoms with Crippen LogP contribution >= 0.6 is 0 Å². The van der Waals surface area contributed by atoms with E-state index in [1.54, 1.807) is 6.20 Å². The smallest absolute Gasteiger partial charge is 0.230 e. The van der Waals surface area contributed by atoms with Gasteiger partial charge in [0.1, 0.15) is 0 Å². The number of aliphatic hydroxyl groups excluding tert-OH is 1. The van der Waals surface area contributed by atoms with E-state index in [2.05, 4.69) is 29.4 Å². The van der Waals surface area contributed by atoms with Crippen LogP contribution in [0.2, 0.25) is 0 Å². The van der Waals surface area contributed by atoms with E-state index in [0.717, 1.165) is 17.7 Å². The van der Waals surface area contributed by atoms with Crippen molar-refractivity contribution in [3.05, 3.63) is 65.5 Å². The summed E-state index contributed by atoms with van der Waals surface area (Å²) in [7, 11) is 0. The van der Waals surface area contributed by atoms with E-state index < -0.39 is 5.41 Å². The third kappa shape index (κ3) is 5.13. The topological polar surface area (TPSA) is 62.2 Å². The molecular formula is C21H28N2O2. The van der Waals surface area contributed by atoms with Crippen LogP contribution in [0, 0.1) is 5.92 Å². The first-order valence-electron chi connectivity index (χ1n) is 8.85. The summed E-state index contributed by atoms with van der Waals surface area (Å²) < 4.78 is 0. The summed E-state index contributed by atoms with van der Waals surface area (Å²) in [6.45, 7) is 6.42. The number of rotatable bonds is 8. The SMILES string of the molecule is CCc1ccc(C(C)(C)C(=O)NCC(CO)Cc2ccccn2)cc1. The lowest BCUT2D eigenvalue weighted by Crippen LogP contribution is -2.42. The number of benzene rings is 1. The molecule has 0 saturated heterocycles. The van der Waals surface area contributed by atoms with Gasteiger partial charge in [-0.3, -0.25) is 9.78 Å². The Morgan fingerprint density at radius 3 is 2.48 bits per heavy atom. The van der Waals surface area contributed by atoms with Gasteiger partial charge in [0, 0.05) is 31.0 Å². The maximum absolute atomic E-state index is 12.7. The Morgan fingerprint density at radius 1 is 1.20 bits per heavy atom.